The molecule has 1 N–H and O–H groups in total. The summed E-state index contributed by atoms with van der Waals surface area (Å²) in [7, 11) is 1.24. The predicted molar refractivity (Wildman–Crippen MR) is 138 cm³/mol. The molecule has 0 fully saturated rings. The van der Waals surface area contributed by atoms with E-state index in [4.69, 9.17) is 25.8 Å². The topological polar surface area (TPSA) is 111 Å². The van der Waals surface area contributed by atoms with Gasteiger partial charge in [-0.1, -0.05) is 41.9 Å². The number of allylic oxidation sites excluding steroid dienone is 1. The fourth-order valence-corrected chi connectivity index (χ4v) is 4.88. The zero-order valence-corrected chi connectivity index (χ0v) is 22.0. The zero-order chi connectivity index (χ0) is 27.4. The standard InChI is InChI=1S/C28H27ClN2O7/c1-4-38-28(35)22-16(2)30-21(24(27(34)36-3)23(22)19-11-7-8-12-20(19)29)15-37-14-13-31-25(32)17-9-5-6-10-18(17)26(31)33/h5-12,23,30H,4,13-15H2,1-3H3. The molecule has 2 aromatic carbocycles. The van der Waals surface area contributed by atoms with Crippen molar-refractivity contribution in [2.24, 2.45) is 0 Å². The first-order chi connectivity index (χ1) is 18.3. The number of hydrogen-bond donors (Lipinski definition) is 1. The second-order valence-electron chi connectivity index (χ2n) is 8.58. The van der Waals surface area contributed by atoms with E-state index in [9.17, 15) is 19.2 Å². The summed E-state index contributed by atoms with van der Waals surface area (Å²) in [6.45, 7) is 3.51. The van der Waals surface area contributed by atoms with E-state index in [1.165, 1.54) is 7.11 Å². The van der Waals surface area contributed by atoms with Crippen molar-refractivity contribution in [3.8, 4) is 0 Å². The summed E-state index contributed by atoms with van der Waals surface area (Å²) in [5.41, 5.74) is 2.47. The Hall–Kier alpha value is -3.95. The average molecular weight is 539 g/mol. The second-order valence-corrected chi connectivity index (χ2v) is 8.99. The third-order valence-corrected chi connectivity index (χ3v) is 6.69. The molecule has 10 heteroatoms. The summed E-state index contributed by atoms with van der Waals surface area (Å²) in [5, 5.41) is 3.45. The number of carbonyl (C=O) groups is 4. The highest BCUT2D eigenvalue weighted by Gasteiger charge is 2.40. The van der Waals surface area contributed by atoms with Crippen LogP contribution >= 0.6 is 11.6 Å². The smallest absolute Gasteiger partial charge is 0.336 e. The fraction of sp³-hybridized carbons (Fsp3) is 0.286. The van der Waals surface area contributed by atoms with Crippen LogP contribution in [0.1, 0.15) is 46.0 Å². The van der Waals surface area contributed by atoms with Gasteiger partial charge in [-0.2, -0.15) is 0 Å². The number of hydrogen-bond acceptors (Lipinski definition) is 8. The lowest BCUT2D eigenvalue weighted by Gasteiger charge is -2.31. The minimum Gasteiger partial charge on any atom is -0.466 e. The highest BCUT2D eigenvalue weighted by atomic mass is 35.5. The van der Waals surface area contributed by atoms with Crippen molar-refractivity contribution in [1.82, 2.24) is 10.2 Å². The largest absolute Gasteiger partial charge is 0.466 e. The zero-order valence-electron chi connectivity index (χ0n) is 21.2. The summed E-state index contributed by atoms with van der Waals surface area (Å²) in [6.07, 6.45) is 0. The first-order valence-electron chi connectivity index (χ1n) is 12.0. The molecule has 0 saturated heterocycles. The van der Waals surface area contributed by atoms with Gasteiger partial charge in [-0.15, -0.1) is 0 Å². The number of dihydropyridines is 1. The number of methoxy groups -OCH3 is 1. The fourth-order valence-electron chi connectivity index (χ4n) is 4.63. The van der Waals surface area contributed by atoms with Crippen LogP contribution < -0.4 is 5.32 Å². The van der Waals surface area contributed by atoms with Crippen molar-refractivity contribution in [3.05, 3.63) is 92.8 Å². The Balaban J connectivity index is 1.60. The van der Waals surface area contributed by atoms with E-state index in [1.54, 1.807) is 62.4 Å². The number of imide groups is 1. The van der Waals surface area contributed by atoms with Crippen molar-refractivity contribution in [3.63, 3.8) is 0 Å². The number of ether oxygens (including phenoxy) is 3. The Morgan fingerprint density at radius 3 is 2.21 bits per heavy atom. The van der Waals surface area contributed by atoms with Crippen LogP contribution in [0.2, 0.25) is 5.02 Å². The molecule has 198 valence electrons. The number of benzene rings is 2. The van der Waals surface area contributed by atoms with E-state index in [1.807, 2.05) is 0 Å². The van der Waals surface area contributed by atoms with Gasteiger partial charge in [0.05, 0.1) is 67.4 Å². The first-order valence-corrected chi connectivity index (χ1v) is 12.4. The quantitative estimate of drug-likeness (QED) is 0.293. The Bertz CT molecular complexity index is 1330. The van der Waals surface area contributed by atoms with Crippen molar-refractivity contribution in [1.29, 1.82) is 0 Å². The molecule has 0 bridgehead atoms. The van der Waals surface area contributed by atoms with E-state index < -0.39 is 17.9 Å². The molecule has 0 aliphatic carbocycles. The minimum absolute atomic E-state index is 0.0232. The molecule has 4 rings (SSSR count). The van der Waals surface area contributed by atoms with Crippen LogP contribution in [0.5, 0.6) is 0 Å². The van der Waals surface area contributed by atoms with Gasteiger partial charge in [-0.3, -0.25) is 14.5 Å². The molecule has 0 saturated carbocycles. The third kappa shape index (κ3) is 5.07. The normalized spacial score (nSPS) is 16.9. The molecule has 38 heavy (non-hydrogen) atoms. The Morgan fingerprint density at radius 1 is 0.974 bits per heavy atom. The van der Waals surface area contributed by atoms with Gasteiger partial charge in [-0.05, 0) is 37.6 Å². The lowest BCUT2D eigenvalue weighted by atomic mass is 9.80. The molecular formula is C28H27ClN2O7. The first kappa shape index (κ1) is 27.1. The van der Waals surface area contributed by atoms with E-state index in [0.717, 1.165) is 4.90 Å². The van der Waals surface area contributed by atoms with Crippen LogP contribution in [0, 0.1) is 0 Å². The molecule has 2 amide bonds. The van der Waals surface area contributed by atoms with Gasteiger partial charge >= 0.3 is 11.9 Å². The van der Waals surface area contributed by atoms with Crippen molar-refractivity contribution in [2.75, 3.05) is 33.5 Å². The highest BCUT2D eigenvalue weighted by Crippen LogP contribution is 2.41. The molecule has 0 aromatic heterocycles. The van der Waals surface area contributed by atoms with Gasteiger partial charge in [0.1, 0.15) is 0 Å². The Labute approximate surface area is 225 Å². The Morgan fingerprint density at radius 2 is 1.61 bits per heavy atom. The lowest BCUT2D eigenvalue weighted by Crippen LogP contribution is -2.36. The van der Waals surface area contributed by atoms with Crippen LogP contribution in [-0.4, -0.2) is 62.1 Å². The van der Waals surface area contributed by atoms with Gasteiger partial charge in [-0.25, -0.2) is 9.59 Å². The van der Waals surface area contributed by atoms with Gasteiger partial charge in [0.2, 0.25) is 0 Å². The number of carbonyl (C=O) groups excluding carboxylic acids is 4. The molecule has 0 radical (unpaired) electrons. The average Bonchev–Trinajstić information content (AvgIpc) is 3.15. The van der Waals surface area contributed by atoms with E-state index >= 15 is 0 Å². The molecule has 2 aliphatic heterocycles. The maximum atomic E-state index is 13.1. The van der Waals surface area contributed by atoms with Crippen molar-refractivity contribution >= 4 is 35.4 Å². The second kappa shape index (κ2) is 11.6. The maximum absolute atomic E-state index is 13.1. The van der Waals surface area contributed by atoms with Crippen LogP contribution in [0.3, 0.4) is 0 Å². The van der Waals surface area contributed by atoms with Gasteiger partial charge in [0.25, 0.3) is 11.8 Å². The number of halogens is 1. The van der Waals surface area contributed by atoms with Gasteiger partial charge < -0.3 is 19.5 Å². The molecule has 2 aromatic rings. The number of amides is 2. The third-order valence-electron chi connectivity index (χ3n) is 6.35. The van der Waals surface area contributed by atoms with Crippen molar-refractivity contribution < 1.29 is 33.4 Å². The maximum Gasteiger partial charge on any atom is 0.336 e. The number of rotatable bonds is 9. The SMILES string of the molecule is CCOC(=O)C1=C(C)NC(COCCN2C(=O)c3ccccc3C2=O)=C(C(=O)OC)C1c1ccccc1Cl. The molecule has 2 aliphatic rings. The molecule has 0 spiro atoms. The molecule has 9 nitrogen and oxygen atoms in total. The number of nitrogens with zero attached hydrogens (tertiary/aromatic N) is 1. The summed E-state index contributed by atoms with van der Waals surface area (Å²) in [6, 6.07) is 13.5. The van der Waals surface area contributed by atoms with E-state index in [2.05, 4.69) is 5.32 Å². The number of fused-ring (bicyclic) bond motifs is 1. The van der Waals surface area contributed by atoms with Crippen LogP contribution in [0.4, 0.5) is 0 Å². The van der Waals surface area contributed by atoms with E-state index in [-0.39, 0.29) is 49.3 Å². The highest BCUT2D eigenvalue weighted by molar-refractivity contribution is 6.31. The molecule has 1 unspecified atom stereocenters. The summed E-state index contributed by atoms with van der Waals surface area (Å²) in [5.74, 6) is -2.89. The van der Waals surface area contributed by atoms with E-state index in [0.29, 0.717) is 33.1 Å². The number of esters is 2. The van der Waals surface area contributed by atoms with Gasteiger partial charge in [0.15, 0.2) is 0 Å². The molecule has 1 atom stereocenters. The Kier molecular flexibility index (Phi) is 8.29. The predicted octanol–water partition coefficient (Wildman–Crippen LogP) is 3.60. The van der Waals surface area contributed by atoms with Gasteiger partial charge in [0, 0.05) is 10.7 Å². The van der Waals surface area contributed by atoms with Crippen LogP contribution in [0.15, 0.2) is 71.1 Å². The summed E-state index contributed by atoms with van der Waals surface area (Å²) < 4.78 is 16.2. The summed E-state index contributed by atoms with van der Waals surface area (Å²) in [4.78, 5) is 52.4. The molecule has 2 heterocycles. The number of nitrogens with one attached hydrogen (secondary N) is 1. The van der Waals surface area contributed by atoms with Crippen molar-refractivity contribution in [2.45, 2.75) is 19.8 Å². The van der Waals surface area contributed by atoms with Crippen LogP contribution in [0.25, 0.3) is 0 Å². The van der Waals surface area contributed by atoms with Crippen LogP contribution in [-0.2, 0) is 23.8 Å². The molecular weight excluding hydrogens is 512 g/mol. The monoisotopic (exact) mass is 538 g/mol. The summed E-state index contributed by atoms with van der Waals surface area (Å²) >= 11 is 6.51. The minimum atomic E-state index is -0.869. The lowest BCUT2D eigenvalue weighted by molar-refractivity contribution is -0.139.